The number of nitrogens with zero attached hydrogens (tertiary/aromatic N) is 2. The summed E-state index contributed by atoms with van der Waals surface area (Å²) in [5.74, 6) is 0.215. The van der Waals surface area contributed by atoms with E-state index in [-0.39, 0.29) is 19.0 Å². The fourth-order valence-corrected chi connectivity index (χ4v) is 3.16. The summed E-state index contributed by atoms with van der Waals surface area (Å²) in [6.07, 6.45) is -1.75. The van der Waals surface area contributed by atoms with Crippen molar-refractivity contribution in [3.63, 3.8) is 0 Å². The molecule has 6 nitrogen and oxygen atoms in total. The molecule has 0 aliphatic rings. The average molecular weight is 445 g/mol. The van der Waals surface area contributed by atoms with Crippen LogP contribution in [0.1, 0.15) is 16.7 Å². The summed E-state index contributed by atoms with van der Waals surface area (Å²) in [6.45, 7) is 0.601. The van der Waals surface area contributed by atoms with E-state index in [4.69, 9.17) is 0 Å². The van der Waals surface area contributed by atoms with Gasteiger partial charge in [-0.05, 0) is 35.7 Å². The predicted molar refractivity (Wildman–Crippen MR) is 119 cm³/mol. The Hall–Kier alpha value is -3.49. The highest BCUT2D eigenvalue weighted by molar-refractivity contribution is 5.86. The molecule has 0 aliphatic heterocycles. The van der Waals surface area contributed by atoms with E-state index in [9.17, 15) is 18.0 Å². The lowest BCUT2D eigenvalue weighted by Crippen LogP contribution is -2.43. The molecule has 1 heterocycles. The third-order valence-corrected chi connectivity index (χ3v) is 4.94. The molecule has 0 bridgehead atoms. The van der Waals surface area contributed by atoms with Gasteiger partial charge in [-0.1, -0.05) is 30.3 Å². The molecular formula is C23H26F3N5O. The molecule has 0 spiro atoms. The van der Waals surface area contributed by atoms with Crippen LogP contribution in [0.5, 0.6) is 0 Å². The Morgan fingerprint density at radius 2 is 1.88 bits per heavy atom. The minimum atomic E-state index is -4.41. The maximum Gasteiger partial charge on any atom is 0.416 e. The van der Waals surface area contributed by atoms with E-state index >= 15 is 0 Å². The van der Waals surface area contributed by atoms with Gasteiger partial charge in [0.25, 0.3) is 0 Å². The highest BCUT2D eigenvalue weighted by Gasteiger charge is 2.30. The van der Waals surface area contributed by atoms with Gasteiger partial charge in [-0.2, -0.15) is 13.2 Å². The van der Waals surface area contributed by atoms with E-state index in [0.29, 0.717) is 24.5 Å². The number of nitrogens with one attached hydrogen (secondary N) is 3. The maximum atomic E-state index is 13.0. The predicted octanol–water partition coefficient (Wildman–Crippen LogP) is 3.55. The number of alkyl halides is 3. The number of hydrogen-bond donors (Lipinski definition) is 3. The zero-order chi connectivity index (χ0) is 23.1. The second-order valence-electron chi connectivity index (χ2n) is 7.54. The van der Waals surface area contributed by atoms with E-state index in [0.717, 1.165) is 28.6 Å². The number of halogens is 3. The van der Waals surface area contributed by atoms with Crippen LogP contribution < -0.4 is 10.6 Å². The first kappa shape index (κ1) is 23.2. The zero-order valence-corrected chi connectivity index (χ0v) is 18.0. The number of hydrogen-bond acceptors (Lipinski definition) is 2. The van der Waals surface area contributed by atoms with Gasteiger partial charge in [0.15, 0.2) is 5.96 Å². The Kier molecular flexibility index (Phi) is 7.40. The topological polar surface area (TPSA) is 72.5 Å². The number of benzene rings is 2. The molecule has 3 rings (SSSR count). The van der Waals surface area contributed by atoms with Crippen LogP contribution in [-0.2, 0) is 23.9 Å². The van der Waals surface area contributed by atoms with Crippen molar-refractivity contribution in [2.75, 3.05) is 27.2 Å². The molecule has 3 aromatic rings. The Labute approximate surface area is 184 Å². The molecule has 0 radical (unpaired) electrons. The van der Waals surface area contributed by atoms with Crippen molar-refractivity contribution in [3.8, 4) is 0 Å². The molecule has 1 amide bonds. The monoisotopic (exact) mass is 445 g/mol. The first-order valence-electron chi connectivity index (χ1n) is 10.2. The van der Waals surface area contributed by atoms with Gasteiger partial charge in [-0.15, -0.1) is 0 Å². The van der Waals surface area contributed by atoms with E-state index in [1.165, 1.54) is 11.0 Å². The molecule has 170 valence electrons. The van der Waals surface area contributed by atoms with Crippen LogP contribution in [0.3, 0.4) is 0 Å². The van der Waals surface area contributed by atoms with Gasteiger partial charge in [0.1, 0.15) is 0 Å². The van der Waals surface area contributed by atoms with Crippen LogP contribution in [-0.4, -0.2) is 48.9 Å². The second kappa shape index (κ2) is 10.2. The van der Waals surface area contributed by atoms with Crippen LogP contribution in [0.25, 0.3) is 10.9 Å². The van der Waals surface area contributed by atoms with Crippen molar-refractivity contribution in [2.45, 2.75) is 19.1 Å². The lowest BCUT2D eigenvalue weighted by Gasteiger charge is -2.15. The van der Waals surface area contributed by atoms with E-state index in [1.54, 1.807) is 20.2 Å². The number of carbonyl (C=O) groups excluding carboxylic acids is 1. The summed E-state index contributed by atoms with van der Waals surface area (Å²) in [6, 6.07) is 13.0. The molecule has 32 heavy (non-hydrogen) atoms. The summed E-state index contributed by atoms with van der Waals surface area (Å²) < 4.78 is 38.9. The molecule has 0 fully saturated rings. The summed E-state index contributed by atoms with van der Waals surface area (Å²) in [5.41, 5.74) is 1.90. The lowest BCUT2D eigenvalue weighted by molar-refractivity contribution is -0.137. The third-order valence-electron chi connectivity index (χ3n) is 4.94. The Balaban J connectivity index is 1.67. The van der Waals surface area contributed by atoms with Gasteiger partial charge in [0, 0.05) is 37.7 Å². The molecule has 9 heteroatoms. The smallest absolute Gasteiger partial charge is 0.361 e. The summed E-state index contributed by atoms with van der Waals surface area (Å²) in [4.78, 5) is 21.0. The number of rotatable bonds is 7. The molecular weight excluding hydrogens is 419 g/mol. The Morgan fingerprint density at radius 3 is 2.62 bits per heavy atom. The van der Waals surface area contributed by atoms with E-state index in [2.05, 4.69) is 20.6 Å². The van der Waals surface area contributed by atoms with Gasteiger partial charge in [-0.25, -0.2) is 4.99 Å². The second-order valence-corrected chi connectivity index (χ2v) is 7.54. The van der Waals surface area contributed by atoms with Crippen LogP contribution in [0.4, 0.5) is 13.2 Å². The number of fused-ring (bicyclic) bond motifs is 1. The van der Waals surface area contributed by atoms with Crippen LogP contribution in [0.2, 0.25) is 0 Å². The van der Waals surface area contributed by atoms with Crippen LogP contribution in [0.15, 0.2) is 59.7 Å². The van der Waals surface area contributed by atoms with Crippen molar-refractivity contribution in [1.29, 1.82) is 0 Å². The van der Waals surface area contributed by atoms with Crippen molar-refractivity contribution in [1.82, 2.24) is 20.5 Å². The number of aromatic nitrogens is 1. The highest BCUT2D eigenvalue weighted by Crippen LogP contribution is 2.29. The molecule has 2 aromatic carbocycles. The minimum absolute atomic E-state index is 0.0223. The SMILES string of the molecule is CN(C)C(=O)CNC(=NCc1cccc(C(F)(F)F)c1)NCCc1c[nH]c2ccccc12. The highest BCUT2D eigenvalue weighted by atomic mass is 19.4. The first-order valence-corrected chi connectivity index (χ1v) is 10.2. The fraction of sp³-hybridized carbons (Fsp3) is 0.304. The number of H-pyrrole nitrogens is 1. The van der Waals surface area contributed by atoms with E-state index < -0.39 is 11.7 Å². The minimum Gasteiger partial charge on any atom is -0.361 e. The van der Waals surface area contributed by atoms with Gasteiger partial charge in [-0.3, -0.25) is 4.79 Å². The van der Waals surface area contributed by atoms with Crippen LogP contribution >= 0.6 is 0 Å². The van der Waals surface area contributed by atoms with Gasteiger partial charge >= 0.3 is 6.18 Å². The number of aliphatic imine (C=N–C) groups is 1. The van der Waals surface area contributed by atoms with Gasteiger partial charge < -0.3 is 20.5 Å². The summed E-state index contributed by atoms with van der Waals surface area (Å²) in [7, 11) is 3.29. The number of guanidine groups is 1. The standard InChI is InChI=1S/C23H26F3N5O/c1-31(2)21(32)15-30-22(29-13-16-6-5-7-18(12-16)23(24,25)26)27-11-10-17-14-28-20-9-4-3-8-19(17)20/h3-9,12,14,28H,10-11,13,15H2,1-2H3,(H2,27,29,30). The van der Waals surface area contributed by atoms with Crippen molar-refractivity contribution in [2.24, 2.45) is 4.99 Å². The quantitative estimate of drug-likeness (QED) is 0.385. The Bertz CT molecular complexity index is 1090. The van der Waals surface area contributed by atoms with E-state index in [1.807, 2.05) is 30.5 Å². The van der Waals surface area contributed by atoms with Gasteiger partial charge in [0.05, 0.1) is 18.7 Å². The normalized spacial score (nSPS) is 12.1. The summed E-state index contributed by atoms with van der Waals surface area (Å²) in [5, 5.41) is 7.25. The lowest BCUT2D eigenvalue weighted by atomic mass is 10.1. The van der Waals surface area contributed by atoms with Crippen molar-refractivity contribution < 1.29 is 18.0 Å². The number of aromatic amines is 1. The maximum absolute atomic E-state index is 13.0. The molecule has 1 aromatic heterocycles. The largest absolute Gasteiger partial charge is 0.416 e. The number of likely N-dealkylation sites (N-methyl/N-ethyl adjacent to an activating group) is 1. The molecule has 0 aliphatic carbocycles. The third kappa shape index (κ3) is 6.26. The molecule has 0 unspecified atom stereocenters. The zero-order valence-electron chi connectivity index (χ0n) is 18.0. The fourth-order valence-electron chi connectivity index (χ4n) is 3.16. The number of amides is 1. The molecule has 0 saturated carbocycles. The average Bonchev–Trinajstić information content (AvgIpc) is 3.17. The number of carbonyl (C=O) groups is 1. The first-order chi connectivity index (χ1) is 15.2. The molecule has 3 N–H and O–H groups in total. The van der Waals surface area contributed by atoms with Gasteiger partial charge in [0.2, 0.25) is 5.91 Å². The molecule has 0 atom stereocenters. The summed E-state index contributed by atoms with van der Waals surface area (Å²) >= 11 is 0. The van der Waals surface area contributed by atoms with Crippen molar-refractivity contribution in [3.05, 3.63) is 71.4 Å². The van der Waals surface area contributed by atoms with Crippen molar-refractivity contribution >= 4 is 22.8 Å². The number of para-hydroxylation sites is 1. The Morgan fingerprint density at radius 1 is 1.09 bits per heavy atom. The molecule has 0 saturated heterocycles. The van der Waals surface area contributed by atoms with Crippen LogP contribution in [0, 0.1) is 0 Å².